The molecule has 0 spiro atoms. The number of aryl methyl sites for hydroxylation is 1. The summed E-state index contributed by atoms with van der Waals surface area (Å²) in [6.07, 6.45) is 4.84. The second-order valence-corrected chi connectivity index (χ2v) is 5.21. The van der Waals surface area contributed by atoms with Crippen molar-refractivity contribution in [3.8, 4) is 0 Å². The van der Waals surface area contributed by atoms with E-state index in [0.29, 0.717) is 18.9 Å². The summed E-state index contributed by atoms with van der Waals surface area (Å²) in [5, 5.41) is 4.05. The van der Waals surface area contributed by atoms with Crippen molar-refractivity contribution in [2.45, 2.75) is 32.7 Å². The maximum atomic E-state index is 12.0. The number of likely N-dealkylation sites (N-methyl/N-ethyl adjacent to an activating group) is 1. The predicted molar refractivity (Wildman–Crippen MR) is 86.5 cm³/mol. The van der Waals surface area contributed by atoms with E-state index in [1.807, 2.05) is 20.3 Å². The standard InChI is InChI=1S/C13H24N4O.2ClH/c1-10(2)12(14)5-6-16(3)13(18)7-11-8-15-17(4)9-11;;/h8-10,12H,5-7,14H2,1-4H3;2*1H. The molecule has 2 N–H and O–H groups in total. The molecule has 1 rings (SSSR count). The lowest BCUT2D eigenvalue weighted by Crippen LogP contribution is -2.35. The third kappa shape index (κ3) is 7.12. The van der Waals surface area contributed by atoms with Crippen LogP contribution in [-0.2, 0) is 18.3 Å². The van der Waals surface area contributed by atoms with Crippen molar-refractivity contribution in [2.24, 2.45) is 18.7 Å². The van der Waals surface area contributed by atoms with E-state index >= 15 is 0 Å². The molecule has 7 heteroatoms. The molecule has 1 unspecified atom stereocenters. The molecule has 0 saturated carbocycles. The summed E-state index contributed by atoms with van der Waals surface area (Å²) in [4.78, 5) is 13.7. The molecule has 0 bridgehead atoms. The smallest absolute Gasteiger partial charge is 0.226 e. The average Bonchev–Trinajstić information content (AvgIpc) is 2.70. The second kappa shape index (κ2) is 10.0. The first-order valence-corrected chi connectivity index (χ1v) is 6.37. The van der Waals surface area contributed by atoms with E-state index in [2.05, 4.69) is 18.9 Å². The summed E-state index contributed by atoms with van der Waals surface area (Å²) in [7, 11) is 3.67. The van der Waals surface area contributed by atoms with Crippen molar-refractivity contribution in [1.82, 2.24) is 14.7 Å². The highest BCUT2D eigenvalue weighted by molar-refractivity contribution is 5.85. The number of carbonyl (C=O) groups excluding carboxylic acids is 1. The van der Waals surface area contributed by atoms with Crippen LogP contribution in [0.4, 0.5) is 0 Å². The minimum Gasteiger partial charge on any atom is -0.345 e. The second-order valence-electron chi connectivity index (χ2n) is 5.21. The molecule has 1 aromatic heterocycles. The van der Waals surface area contributed by atoms with Gasteiger partial charge in [-0.1, -0.05) is 13.8 Å². The van der Waals surface area contributed by atoms with Crippen molar-refractivity contribution in [2.75, 3.05) is 13.6 Å². The predicted octanol–water partition coefficient (Wildman–Crippen LogP) is 1.64. The number of carbonyl (C=O) groups is 1. The Bertz CT molecular complexity index is 395. The van der Waals surface area contributed by atoms with E-state index < -0.39 is 0 Å². The van der Waals surface area contributed by atoms with E-state index in [4.69, 9.17) is 5.73 Å². The largest absolute Gasteiger partial charge is 0.345 e. The summed E-state index contributed by atoms with van der Waals surface area (Å²) in [5.41, 5.74) is 6.92. The fourth-order valence-electron chi connectivity index (χ4n) is 1.67. The number of halogens is 2. The lowest BCUT2D eigenvalue weighted by atomic mass is 10.0. The molecule has 1 atom stereocenters. The topological polar surface area (TPSA) is 64.2 Å². The maximum Gasteiger partial charge on any atom is 0.226 e. The van der Waals surface area contributed by atoms with Gasteiger partial charge in [0.05, 0.1) is 12.6 Å². The number of rotatable bonds is 6. The summed E-state index contributed by atoms with van der Waals surface area (Å²) >= 11 is 0. The highest BCUT2D eigenvalue weighted by Crippen LogP contribution is 2.05. The maximum absolute atomic E-state index is 12.0. The zero-order chi connectivity index (χ0) is 13.7. The molecule has 0 aliphatic heterocycles. The Hall–Kier alpha value is -0.780. The lowest BCUT2D eigenvalue weighted by Gasteiger charge is -2.21. The van der Waals surface area contributed by atoms with Gasteiger partial charge in [-0.15, -0.1) is 24.8 Å². The van der Waals surface area contributed by atoms with E-state index in [9.17, 15) is 4.79 Å². The molecular formula is C13H26Cl2N4O. The monoisotopic (exact) mass is 324 g/mol. The highest BCUT2D eigenvalue weighted by atomic mass is 35.5. The molecule has 1 aromatic rings. The summed E-state index contributed by atoms with van der Waals surface area (Å²) in [6, 6.07) is 0.152. The minimum absolute atomic E-state index is 0. The van der Waals surface area contributed by atoms with Crippen molar-refractivity contribution in [3.05, 3.63) is 18.0 Å². The van der Waals surface area contributed by atoms with Crippen LogP contribution in [0.1, 0.15) is 25.8 Å². The Morgan fingerprint density at radius 2 is 2.05 bits per heavy atom. The van der Waals surface area contributed by atoms with Gasteiger partial charge in [0.2, 0.25) is 5.91 Å². The number of aromatic nitrogens is 2. The first-order valence-electron chi connectivity index (χ1n) is 6.37. The number of nitrogens with two attached hydrogens (primary N) is 1. The van der Waals surface area contributed by atoms with Crippen molar-refractivity contribution in [1.29, 1.82) is 0 Å². The summed E-state index contributed by atoms with van der Waals surface area (Å²) in [6.45, 7) is 4.91. The molecule has 0 saturated heterocycles. The van der Waals surface area contributed by atoms with Crippen LogP contribution in [0.25, 0.3) is 0 Å². The van der Waals surface area contributed by atoms with E-state index in [0.717, 1.165) is 12.0 Å². The van der Waals surface area contributed by atoms with Crippen LogP contribution < -0.4 is 5.73 Å². The van der Waals surface area contributed by atoms with Gasteiger partial charge >= 0.3 is 0 Å². The Morgan fingerprint density at radius 3 is 2.50 bits per heavy atom. The number of nitrogens with zero attached hydrogens (tertiary/aromatic N) is 3. The Kier molecular flexibility index (Phi) is 10.8. The molecule has 0 aliphatic rings. The Balaban J connectivity index is 0. The zero-order valence-electron chi connectivity index (χ0n) is 12.6. The van der Waals surface area contributed by atoms with Crippen molar-refractivity contribution in [3.63, 3.8) is 0 Å². The van der Waals surface area contributed by atoms with Gasteiger partial charge in [0.25, 0.3) is 0 Å². The SMILES string of the molecule is CC(C)C(N)CCN(C)C(=O)Cc1cnn(C)c1.Cl.Cl. The van der Waals surface area contributed by atoms with E-state index in [1.165, 1.54) is 0 Å². The van der Waals surface area contributed by atoms with Gasteiger partial charge < -0.3 is 10.6 Å². The van der Waals surface area contributed by atoms with Gasteiger partial charge in [-0.05, 0) is 17.9 Å². The Labute approximate surface area is 133 Å². The summed E-state index contributed by atoms with van der Waals surface area (Å²) < 4.78 is 1.71. The number of hydrogen-bond donors (Lipinski definition) is 1. The van der Waals surface area contributed by atoms with Crippen molar-refractivity contribution >= 4 is 30.7 Å². The van der Waals surface area contributed by atoms with E-state index in [-0.39, 0.29) is 36.8 Å². The van der Waals surface area contributed by atoms with Crippen LogP contribution in [0.15, 0.2) is 12.4 Å². The first-order chi connectivity index (χ1) is 8.40. The van der Waals surface area contributed by atoms with E-state index in [1.54, 1.807) is 15.8 Å². The molecular weight excluding hydrogens is 299 g/mol. The quantitative estimate of drug-likeness (QED) is 0.865. The zero-order valence-corrected chi connectivity index (χ0v) is 14.2. The molecule has 20 heavy (non-hydrogen) atoms. The van der Waals surface area contributed by atoms with Crippen LogP contribution in [0.3, 0.4) is 0 Å². The van der Waals surface area contributed by atoms with Gasteiger partial charge in [-0.25, -0.2) is 0 Å². The van der Waals surface area contributed by atoms with Gasteiger partial charge in [0.1, 0.15) is 0 Å². The molecule has 0 aromatic carbocycles. The van der Waals surface area contributed by atoms with Gasteiger partial charge in [0, 0.05) is 32.9 Å². The van der Waals surface area contributed by atoms with Gasteiger partial charge in [-0.2, -0.15) is 5.10 Å². The first kappa shape index (κ1) is 21.5. The molecule has 0 aliphatic carbocycles. The molecule has 1 amide bonds. The minimum atomic E-state index is 0. The molecule has 118 valence electrons. The Morgan fingerprint density at radius 1 is 1.45 bits per heavy atom. The number of amides is 1. The molecule has 5 nitrogen and oxygen atoms in total. The third-order valence-electron chi connectivity index (χ3n) is 3.19. The molecule has 0 fully saturated rings. The summed E-state index contributed by atoms with van der Waals surface area (Å²) in [5.74, 6) is 0.561. The molecule has 1 heterocycles. The highest BCUT2D eigenvalue weighted by Gasteiger charge is 2.13. The van der Waals surface area contributed by atoms with Crippen LogP contribution in [0.5, 0.6) is 0 Å². The van der Waals surface area contributed by atoms with Crippen LogP contribution in [0, 0.1) is 5.92 Å². The third-order valence-corrected chi connectivity index (χ3v) is 3.19. The normalized spacial score (nSPS) is 11.5. The fourth-order valence-corrected chi connectivity index (χ4v) is 1.67. The van der Waals surface area contributed by atoms with Gasteiger partial charge in [-0.3, -0.25) is 9.48 Å². The van der Waals surface area contributed by atoms with Gasteiger partial charge in [0.15, 0.2) is 0 Å². The van der Waals surface area contributed by atoms with Crippen LogP contribution in [-0.4, -0.2) is 40.2 Å². The lowest BCUT2D eigenvalue weighted by molar-refractivity contribution is -0.129. The average molecular weight is 325 g/mol. The number of hydrogen-bond acceptors (Lipinski definition) is 3. The van der Waals surface area contributed by atoms with Crippen LogP contribution >= 0.6 is 24.8 Å². The molecule has 0 radical (unpaired) electrons. The van der Waals surface area contributed by atoms with Crippen LogP contribution in [0.2, 0.25) is 0 Å². The fraction of sp³-hybridized carbons (Fsp3) is 0.692. The van der Waals surface area contributed by atoms with Crippen molar-refractivity contribution < 1.29 is 4.79 Å².